The van der Waals surface area contributed by atoms with Gasteiger partial charge in [0.15, 0.2) is 0 Å². The standard InChI is InChI=1S/C12H23N3O/c1-10-3-6-15(9-11(10)2)12(16)14-7-4-13-5-8-14/h10-11,13H,3-9H2,1-2H3. The van der Waals surface area contributed by atoms with Crippen LogP contribution in [0.3, 0.4) is 0 Å². The summed E-state index contributed by atoms with van der Waals surface area (Å²) in [5, 5.41) is 3.28. The van der Waals surface area contributed by atoms with E-state index in [1.54, 1.807) is 0 Å². The van der Waals surface area contributed by atoms with Crippen molar-refractivity contribution < 1.29 is 4.79 Å². The van der Waals surface area contributed by atoms with Crippen LogP contribution in [0.4, 0.5) is 4.79 Å². The lowest BCUT2D eigenvalue weighted by Crippen LogP contribution is -2.54. The fourth-order valence-electron chi connectivity index (χ4n) is 2.49. The number of piperidine rings is 1. The summed E-state index contributed by atoms with van der Waals surface area (Å²) >= 11 is 0. The molecule has 1 N–H and O–H groups in total. The molecule has 2 fully saturated rings. The molecule has 4 nitrogen and oxygen atoms in total. The zero-order valence-electron chi connectivity index (χ0n) is 10.4. The molecule has 2 unspecified atom stereocenters. The number of rotatable bonds is 0. The second-order valence-electron chi connectivity index (χ2n) is 5.21. The number of carbonyl (C=O) groups is 1. The first-order valence-corrected chi connectivity index (χ1v) is 6.43. The highest BCUT2D eigenvalue weighted by atomic mass is 16.2. The molecule has 2 aliphatic heterocycles. The number of hydrogen-bond acceptors (Lipinski definition) is 2. The fraction of sp³-hybridized carbons (Fsp3) is 0.917. The lowest BCUT2D eigenvalue weighted by Gasteiger charge is -2.39. The van der Waals surface area contributed by atoms with E-state index >= 15 is 0 Å². The van der Waals surface area contributed by atoms with E-state index in [4.69, 9.17) is 0 Å². The molecule has 2 rings (SSSR count). The van der Waals surface area contributed by atoms with Crippen molar-refractivity contribution in [2.24, 2.45) is 11.8 Å². The van der Waals surface area contributed by atoms with E-state index in [-0.39, 0.29) is 6.03 Å². The highest BCUT2D eigenvalue weighted by molar-refractivity contribution is 5.74. The van der Waals surface area contributed by atoms with Gasteiger partial charge in [0.2, 0.25) is 0 Å². The second-order valence-corrected chi connectivity index (χ2v) is 5.21. The van der Waals surface area contributed by atoms with Crippen LogP contribution in [0, 0.1) is 11.8 Å². The zero-order chi connectivity index (χ0) is 11.5. The molecule has 2 heterocycles. The van der Waals surface area contributed by atoms with Gasteiger partial charge >= 0.3 is 6.03 Å². The van der Waals surface area contributed by atoms with E-state index in [2.05, 4.69) is 19.2 Å². The predicted octanol–water partition coefficient (Wildman–Crippen LogP) is 0.990. The summed E-state index contributed by atoms with van der Waals surface area (Å²) in [5.74, 6) is 1.40. The number of nitrogens with one attached hydrogen (secondary N) is 1. The molecule has 92 valence electrons. The normalized spacial score (nSPS) is 31.6. The molecule has 0 aromatic carbocycles. The largest absolute Gasteiger partial charge is 0.324 e. The molecule has 2 amide bonds. The van der Waals surface area contributed by atoms with Gasteiger partial charge in [0.1, 0.15) is 0 Å². The average Bonchev–Trinajstić information content (AvgIpc) is 2.33. The molecular formula is C12H23N3O. The molecule has 2 atom stereocenters. The van der Waals surface area contributed by atoms with Gasteiger partial charge in [-0.15, -0.1) is 0 Å². The first-order valence-electron chi connectivity index (χ1n) is 6.43. The van der Waals surface area contributed by atoms with Gasteiger partial charge in [-0.3, -0.25) is 0 Å². The molecule has 2 aliphatic rings. The lowest BCUT2D eigenvalue weighted by molar-refractivity contribution is 0.110. The van der Waals surface area contributed by atoms with Crippen molar-refractivity contribution in [1.82, 2.24) is 15.1 Å². The molecular weight excluding hydrogens is 202 g/mol. The zero-order valence-corrected chi connectivity index (χ0v) is 10.4. The van der Waals surface area contributed by atoms with Crippen LogP contribution < -0.4 is 5.32 Å². The van der Waals surface area contributed by atoms with Crippen LogP contribution in [0.25, 0.3) is 0 Å². The fourth-order valence-corrected chi connectivity index (χ4v) is 2.49. The van der Waals surface area contributed by atoms with Crippen molar-refractivity contribution in [3.63, 3.8) is 0 Å². The van der Waals surface area contributed by atoms with Gasteiger partial charge in [-0.05, 0) is 18.3 Å². The number of urea groups is 1. The summed E-state index contributed by atoms with van der Waals surface area (Å²) in [6, 6.07) is 0.250. The van der Waals surface area contributed by atoms with Crippen molar-refractivity contribution in [3.8, 4) is 0 Å². The van der Waals surface area contributed by atoms with Crippen LogP contribution in [0.2, 0.25) is 0 Å². The van der Waals surface area contributed by atoms with Gasteiger partial charge in [-0.1, -0.05) is 13.8 Å². The Hall–Kier alpha value is -0.770. The first-order chi connectivity index (χ1) is 7.68. The quantitative estimate of drug-likeness (QED) is 0.667. The van der Waals surface area contributed by atoms with E-state index in [1.807, 2.05) is 9.80 Å². The third-order valence-electron chi connectivity index (χ3n) is 3.99. The number of likely N-dealkylation sites (tertiary alicyclic amines) is 1. The summed E-state index contributed by atoms with van der Waals surface area (Å²) in [7, 11) is 0. The van der Waals surface area contributed by atoms with Crippen LogP contribution >= 0.6 is 0 Å². The maximum atomic E-state index is 12.2. The summed E-state index contributed by atoms with van der Waals surface area (Å²) in [5.41, 5.74) is 0. The second kappa shape index (κ2) is 5.04. The Balaban J connectivity index is 1.89. The number of piperazine rings is 1. The van der Waals surface area contributed by atoms with Crippen LogP contribution in [-0.4, -0.2) is 55.1 Å². The maximum absolute atomic E-state index is 12.2. The highest BCUT2D eigenvalue weighted by Gasteiger charge is 2.29. The minimum absolute atomic E-state index is 0.250. The van der Waals surface area contributed by atoms with Gasteiger partial charge in [-0.2, -0.15) is 0 Å². The maximum Gasteiger partial charge on any atom is 0.320 e. The van der Waals surface area contributed by atoms with Gasteiger partial charge in [0, 0.05) is 39.3 Å². The molecule has 16 heavy (non-hydrogen) atoms. The van der Waals surface area contributed by atoms with Crippen LogP contribution in [-0.2, 0) is 0 Å². The smallest absolute Gasteiger partial charge is 0.320 e. The Labute approximate surface area is 98.0 Å². The minimum Gasteiger partial charge on any atom is -0.324 e. The molecule has 0 radical (unpaired) electrons. The molecule has 0 spiro atoms. The topological polar surface area (TPSA) is 35.6 Å². The Kier molecular flexibility index (Phi) is 3.69. The van der Waals surface area contributed by atoms with Crippen molar-refractivity contribution in [2.45, 2.75) is 20.3 Å². The average molecular weight is 225 g/mol. The molecule has 0 aromatic heterocycles. The number of nitrogens with zero attached hydrogens (tertiary/aromatic N) is 2. The van der Waals surface area contributed by atoms with Crippen molar-refractivity contribution >= 4 is 6.03 Å². The summed E-state index contributed by atoms with van der Waals surface area (Å²) in [6.45, 7) is 10.0. The van der Waals surface area contributed by atoms with Crippen molar-refractivity contribution in [3.05, 3.63) is 0 Å². The summed E-state index contributed by atoms with van der Waals surface area (Å²) in [4.78, 5) is 16.3. The number of hydrogen-bond donors (Lipinski definition) is 1. The number of amides is 2. The van der Waals surface area contributed by atoms with E-state index in [9.17, 15) is 4.79 Å². The lowest BCUT2D eigenvalue weighted by atomic mass is 9.89. The summed E-state index contributed by atoms with van der Waals surface area (Å²) < 4.78 is 0. The monoisotopic (exact) mass is 225 g/mol. The van der Waals surface area contributed by atoms with Gasteiger partial charge < -0.3 is 15.1 Å². The van der Waals surface area contributed by atoms with E-state index in [0.29, 0.717) is 5.92 Å². The molecule has 4 heteroatoms. The predicted molar refractivity (Wildman–Crippen MR) is 64.4 cm³/mol. The number of carbonyl (C=O) groups excluding carboxylic acids is 1. The molecule has 0 aromatic rings. The molecule has 0 saturated carbocycles. The van der Waals surface area contributed by atoms with Crippen LogP contribution in [0.15, 0.2) is 0 Å². The van der Waals surface area contributed by atoms with Gasteiger partial charge in [0.25, 0.3) is 0 Å². The first kappa shape index (κ1) is 11.7. The Morgan fingerprint density at radius 2 is 1.75 bits per heavy atom. The van der Waals surface area contributed by atoms with Crippen molar-refractivity contribution in [2.75, 3.05) is 39.3 Å². The van der Waals surface area contributed by atoms with Crippen molar-refractivity contribution in [1.29, 1.82) is 0 Å². The minimum atomic E-state index is 0.250. The third-order valence-corrected chi connectivity index (χ3v) is 3.99. The Morgan fingerprint density at radius 3 is 2.38 bits per heavy atom. The Bertz CT molecular complexity index is 251. The summed E-state index contributed by atoms with van der Waals surface area (Å²) in [6.07, 6.45) is 1.15. The SMILES string of the molecule is CC1CCN(C(=O)N2CCNCC2)CC1C. The van der Waals surface area contributed by atoms with Gasteiger partial charge in [0.05, 0.1) is 0 Å². The third kappa shape index (κ3) is 2.48. The van der Waals surface area contributed by atoms with E-state index in [0.717, 1.165) is 51.6 Å². The van der Waals surface area contributed by atoms with E-state index < -0.39 is 0 Å². The highest BCUT2D eigenvalue weighted by Crippen LogP contribution is 2.23. The van der Waals surface area contributed by atoms with E-state index in [1.165, 1.54) is 0 Å². The molecule has 0 bridgehead atoms. The van der Waals surface area contributed by atoms with Crippen LogP contribution in [0.5, 0.6) is 0 Å². The van der Waals surface area contributed by atoms with Gasteiger partial charge in [-0.25, -0.2) is 4.79 Å². The Morgan fingerprint density at radius 1 is 1.06 bits per heavy atom. The van der Waals surface area contributed by atoms with Crippen LogP contribution in [0.1, 0.15) is 20.3 Å². The molecule has 2 saturated heterocycles. The molecule has 0 aliphatic carbocycles.